The Balaban J connectivity index is 1.73. The fourth-order valence-corrected chi connectivity index (χ4v) is 3.26. The van der Waals surface area contributed by atoms with Crippen molar-refractivity contribution < 1.29 is 22.6 Å². The molecule has 0 aliphatic heterocycles. The van der Waals surface area contributed by atoms with E-state index in [2.05, 4.69) is 36.0 Å². The third kappa shape index (κ3) is 4.34. The third-order valence-electron chi connectivity index (χ3n) is 5.01. The Bertz CT molecular complexity index is 1300. The van der Waals surface area contributed by atoms with Gasteiger partial charge in [0.2, 0.25) is 5.82 Å². The van der Waals surface area contributed by atoms with Crippen LogP contribution in [0.4, 0.5) is 18.9 Å². The van der Waals surface area contributed by atoms with E-state index < -0.39 is 22.4 Å². The Labute approximate surface area is 185 Å². The highest BCUT2D eigenvalue weighted by Gasteiger charge is 2.40. The topological polar surface area (TPSA) is 99.9 Å². The monoisotopic (exact) mass is 457 g/mol. The highest BCUT2D eigenvalue weighted by molar-refractivity contribution is 5.63. The van der Waals surface area contributed by atoms with Crippen molar-refractivity contribution in [2.24, 2.45) is 0 Å². The summed E-state index contributed by atoms with van der Waals surface area (Å²) in [5.74, 6) is -0.202. The molecule has 2 aromatic carbocycles. The van der Waals surface area contributed by atoms with Crippen LogP contribution >= 0.6 is 0 Å². The summed E-state index contributed by atoms with van der Waals surface area (Å²) >= 11 is 0. The molecule has 0 radical (unpaired) electrons. The molecule has 11 heteroatoms. The lowest BCUT2D eigenvalue weighted by atomic mass is 9.87. The zero-order valence-electron chi connectivity index (χ0n) is 17.8. The quantitative estimate of drug-likeness (QED) is 0.283. The maximum atomic E-state index is 13.9. The van der Waals surface area contributed by atoms with Crippen molar-refractivity contribution in [3.8, 4) is 28.5 Å². The van der Waals surface area contributed by atoms with Crippen molar-refractivity contribution in [1.82, 2.24) is 19.9 Å². The van der Waals surface area contributed by atoms with Gasteiger partial charge in [0, 0.05) is 17.7 Å². The van der Waals surface area contributed by atoms with Crippen LogP contribution in [0.15, 0.2) is 59.3 Å². The molecule has 2 aromatic heterocycles. The number of hydrogen-bond acceptors (Lipinski definition) is 6. The predicted molar refractivity (Wildman–Crippen MR) is 113 cm³/mol. The standard InChI is InChI=1S/C22H18F3N5O3/c1-21(2,3)14-6-4-13(5-7-14)19-27-20(33-28-19)17-12-26-29(18(17)22(23,24)25)15-8-10-16(11-9-15)30(31)32/h4-12H,1-3H3. The molecule has 0 N–H and O–H groups in total. The van der Waals surface area contributed by atoms with Gasteiger partial charge in [0.05, 0.1) is 22.4 Å². The summed E-state index contributed by atoms with van der Waals surface area (Å²) in [5.41, 5.74) is -0.168. The first-order chi connectivity index (χ1) is 15.4. The molecule has 0 spiro atoms. The number of rotatable bonds is 4. The molecule has 0 saturated heterocycles. The SMILES string of the molecule is CC(C)(C)c1ccc(-c2noc(-c3cnn(-c4ccc([N+](=O)[O-])cc4)c3C(F)(F)F)n2)cc1. The second-order valence-electron chi connectivity index (χ2n) is 8.34. The van der Waals surface area contributed by atoms with E-state index in [0.29, 0.717) is 10.2 Å². The Kier molecular flexibility index (Phi) is 5.27. The zero-order valence-corrected chi connectivity index (χ0v) is 17.8. The molecule has 33 heavy (non-hydrogen) atoms. The first-order valence-corrected chi connectivity index (χ1v) is 9.80. The number of nitro benzene ring substituents is 1. The van der Waals surface area contributed by atoms with Gasteiger partial charge in [-0.1, -0.05) is 50.2 Å². The van der Waals surface area contributed by atoms with Crippen LogP contribution < -0.4 is 0 Å². The van der Waals surface area contributed by atoms with Crippen LogP contribution in [0.1, 0.15) is 32.0 Å². The lowest BCUT2D eigenvalue weighted by Gasteiger charge is -2.18. The molecule has 0 atom stereocenters. The molecular formula is C22H18F3N5O3. The summed E-state index contributed by atoms with van der Waals surface area (Å²) in [6.07, 6.45) is -3.83. The van der Waals surface area contributed by atoms with Crippen LogP contribution in [-0.4, -0.2) is 24.8 Å². The van der Waals surface area contributed by atoms with Crippen LogP contribution in [0.3, 0.4) is 0 Å². The maximum Gasteiger partial charge on any atom is 0.434 e. The van der Waals surface area contributed by atoms with Gasteiger partial charge in [0.15, 0.2) is 5.69 Å². The summed E-state index contributed by atoms with van der Waals surface area (Å²) in [4.78, 5) is 14.3. The molecule has 2 heterocycles. The van der Waals surface area contributed by atoms with E-state index in [-0.39, 0.29) is 28.5 Å². The minimum Gasteiger partial charge on any atom is -0.333 e. The zero-order chi connectivity index (χ0) is 24.0. The van der Waals surface area contributed by atoms with Crippen molar-refractivity contribution >= 4 is 5.69 Å². The Morgan fingerprint density at radius 3 is 2.18 bits per heavy atom. The number of non-ortho nitro benzene ring substituents is 1. The highest BCUT2D eigenvalue weighted by Crippen LogP contribution is 2.38. The summed E-state index contributed by atoms with van der Waals surface area (Å²) in [5, 5.41) is 18.5. The van der Waals surface area contributed by atoms with Crippen LogP contribution in [0.5, 0.6) is 0 Å². The Morgan fingerprint density at radius 1 is 1.00 bits per heavy atom. The molecule has 0 unspecified atom stereocenters. The van der Waals surface area contributed by atoms with Crippen molar-refractivity contribution in [2.75, 3.05) is 0 Å². The maximum absolute atomic E-state index is 13.9. The Hall–Kier alpha value is -4.02. The smallest absolute Gasteiger partial charge is 0.333 e. The first-order valence-electron chi connectivity index (χ1n) is 9.80. The number of aromatic nitrogens is 4. The summed E-state index contributed by atoms with van der Waals surface area (Å²) in [6, 6.07) is 11.9. The van der Waals surface area contributed by atoms with Crippen molar-refractivity contribution in [2.45, 2.75) is 32.4 Å². The molecular weight excluding hydrogens is 439 g/mol. The van der Waals surface area contributed by atoms with Crippen molar-refractivity contribution in [3.63, 3.8) is 0 Å². The molecule has 8 nitrogen and oxygen atoms in total. The van der Waals surface area contributed by atoms with Gasteiger partial charge in [-0.25, -0.2) is 4.68 Å². The molecule has 0 aliphatic carbocycles. The van der Waals surface area contributed by atoms with Crippen molar-refractivity contribution in [3.05, 3.63) is 76.1 Å². The van der Waals surface area contributed by atoms with E-state index in [0.717, 1.165) is 23.9 Å². The number of nitro groups is 1. The van der Waals surface area contributed by atoms with E-state index in [4.69, 9.17) is 4.52 Å². The van der Waals surface area contributed by atoms with Crippen molar-refractivity contribution in [1.29, 1.82) is 0 Å². The van der Waals surface area contributed by atoms with Gasteiger partial charge in [-0.3, -0.25) is 10.1 Å². The van der Waals surface area contributed by atoms with Gasteiger partial charge in [-0.05, 0) is 23.1 Å². The van der Waals surface area contributed by atoms with Gasteiger partial charge in [-0.15, -0.1) is 0 Å². The number of halogens is 3. The highest BCUT2D eigenvalue weighted by atomic mass is 19.4. The summed E-state index contributed by atoms with van der Waals surface area (Å²) < 4.78 is 47.6. The van der Waals surface area contributed by atoms with Gasteiger partial charge in [-0.2, -0.15) is 23.3 Å². The van der Waals surface area contributed by atoms with Gasteiger partial charge in [0.1, 0.15) is 0 Å². The first kappa shape index (κ1) is 22.2. The molecule has 0 fully saturated rings. The molecule has 0 bridgehead atoms. The second-order valence-corrected chi connectivity index (χ2v) is 8.34. The molecule has 0 aliphatic rings. The fraction of sp³-hybridized carbons (Fsp3) is 0.227. The normalized spacial score (nSPS) is 12.2. The third-order valence-corrected chi connectivity index (χ3v) is 5.01. The van der Waals surface area contributed by atoms with Gasteiger partial charge >= 0.3 is 6.18 Å². The van der Waals surface area contributed by atoms with E-state index in [9.17, 15) is 23.3 Å². The van der Waals surface area contributed by atoms with E-state index in [1.54, 1.807) is 12.1 Å². The molecule has 0 saturated carbocycles. The lowest BCUT2D eigenvalue weighted by molar-refractivity contribution is -0.384. The fourth-order valence-electron chi connectivity index (χ4n) is 3.26. The van der Waals surface area contributed by atoms with Crippen LogP contribution in [-0.2, 0) is 11.6 Å². The summed E-state index contributed by atoms with van der Waals surface area (Å²) in [6.45, 7) is 6.20. The lowest BCUT2D eigenvalue weighted by Crippen LogP contribution is -2.14. The largest absolute Gasteiger partial charge is 0.434 e. The molecule has 4 rings (SSSR count). The number of hydrogen-bond donors (Lipinski definition) is 0. The van der Waals surface area contributed by atoms with E-state index in [1.807, 2.05) is 12.1 Å². The van der Waals surface area contributed by atoms with Crippen LogP contribution in [0, 0.1) is 10.1 Å². The van der Waals surface area contributed by atoms with E-state index >= 15 is 0 Å². The number of alkyl halides is 3. The van der Waals surface area contributed by atoms with Gasteiger partial charge < -0.3 is 4.52 Å². The minimum atomic E-state index is -4.81. The predicted octanol–water partition coefficient (Wildman–Crippen LogP) is 5.81. The Morgan fingerprint density at radius 2 is 1.64 bits per heavy atom. The summed E-state index contributed by atoms with van der Waals surface area (Å²) in [7, 11) is 0. The number of benzene rings is 2. The molecule has 0 amide bonds. The average Bonchev–Trinajstić information content (AvgIpc) is 3.40. The van der Waals surface area contributed by atoms with Gasteiger partial charge in [0.25, 0.3) is 11.6 Å². The van der Waals surface area contributed by atoms with Crippen LogP contribution in [0.2, 0.25) is 0 Å². The molecule has 170 valence electrons. The average molecular weight is 457 g/mol. The van der Waals surface area contributed by atoms with Crippen LogP contribution in [0.25, 0.3) is 28.5 Å². The second kappa shape index (κ2) is 7.84. The molecule has 4 aromatic rings. The number of nitrogens with zero attached hydrogens (tertiary/aromatic N) is 5. The van der Waals surface area contributed by atoms with E-state index in [1.165, 1.54) is 12.1 Å². The minimum absolute atomic E-state index is 0.00307.